The highest BCUT2D eigenvalue weighted by Gasteiger charge is 2.39. The minimum atomic E-state index is -4.34. The van der Waals surface area contributed by atoms with Crippen LogP contribution in [0.1, 0.15) is 10.4 Å². The molecule has 9 nitrogen and oxygen atoms in total. The van der Waals surface area contributed by atoms with Crippen molar-refractivity contribution in [2.45, 2.75) is 10.3 Å². The molecule has 1 N–H and O–H groups in total. The maximum atomic E-state index is 13.5. The minimum absolute atomic E-state index is 0.0614. The monoisotopic (exact) mass is 480 g/mol. The van der Waals surface area contributed by atoms with Crippen molar-refractivity contribution in [2.24, 2.45) is 0 Å². The van der Waals surface area contributed by atoms with Crippen LogP contribution < -0.4 is 14.8 Å². The lowest BCUT2D eigenvalue weighted by molar-refractivity contribution is -0.135. The number of hydrogen-bond acceptors (Lipinski definition) is 7. The second kappa shape index (κ2) is 9.35. The third-order valence-corrected chi connectivity index (χ3v) is 7.26. The summed E-state index contributed by atoms with van der Waals surface area (Å²) in [6.07, 6.45) is 0. The van der Waals surface area contributed by atoms with Gasteiger partial charge in [0.15, 0.2) is 11.5 Å². The summed E-state index contributed by atoms with van der Waals surface area (Å²) in [7, 11) is -4.34. The van der Waals surface area contributed by atoms with Crippen LogP contribution in [0.3, 0.4) is 0 Å². The number of hydrogen-bond donors (Lipinski definition) is 1. The van der Waals surface area contributed by atoms with Gasteiger partial charge >= 0.3 is 0 Å². The molecule has 0 saturated carbocycles. The molecule has 1 atom stereocenters. The third kappa shape index (κ3) is 4.52. The number of nitrogens with one attached hydrogen (secondary N) is 1. The molecule has 2 amide bonds. The van der Waals surface area contributed by atoms with Gasteiger partial charge in [-0.15, -0.1) is 0 Å². The zero-order valence-electron chi connectivity index (χ0n) is 17.0. The second-order valence-electron chi connectivity index (χ2n) is 7.12. The van der Waals surface area contributed by atoms with Crippen molar-refractivity contribution in [3.05, 3.63) is 53.1 Å². The van der Waals surface area contributed by atoms with Crippen LogP contribution in [-0.4, -0.2) is 70.0 Å². The van der Waals surface area contributed by atoms with E-state index < -0.39 is 27.0 Å². The highest BCUT2D eigenvalue weighted by Crippen LogP contribution is 2.33. The summed E-state index contributed by atoms with van der Waals surface area (Å²) in [5.41, 5.74) is 0.0614. The van der Waals surface area contributed by atoms with E-state index in [9.17, 15) is 18.0 Å². The van der Waals surface area contributed by atoms with Gasteiger partial charge in [-0.3, -0.25) is 9.59 Å². The van der Waals surface area contributed by atoms with E-state index in [0.717, 1.165) is 0 Å². The molecule has 2 aliphatic rings. The first kappa shape index (κ1) is 22.4. The summed E-state index contributed by atoms with van der Waals surface area (Å²) in [6, 6.07) is 10.3. The zero-order valence-corrected chi connectivity index (χ0v) is 18.5. The highest BCUT2D eigenvalue weighted by molar-refractivity contribution is 7.92. The Balaban J connectivity index is 1.70. The Kier molecular flexibility index (Phi) is 6.54. The van der Waals surface area contributed by atoms with Gasteiger partial charge in [-0.2, -0.15) is 0 Å². The molecule has 170 valence electrons. The summed E-state index contributed by atoms with van der Waals surface area (Å²) in [5.74, 6) is -0.856. The summed E-state index contributed by atoms with van der Waals surface area (Å²) in [5, 5.41) is 0.658. The molecular formula is C21H21ClN2O7S. The largest absolute Gasteiger partial charge is 0.486 e. The molecule has 2 heterocycles. The molecule has 32 heavy (non-hydrogen) atoms. The standard InChI is InChI=1S/C21H21ClN2O7S/c22-16-4-2-1-3-15(16)19(25)23-20(21(26)24-7-9-29-10-8-24)32(27,28)14-5-6-17-18(13-14)31-12-11-30-17/h1-6,13,20H,7-12H2,(H,23,25)/t20-/m0/s1. The number of sulfone groups is 1. The molecular weight excluding hydrogens is 460 g/mol. The van der Waals surface area contributed by atoms with Crippen LogP contribution in [0.4, 0.5) is 0 Å². The van der Waals surface area contributed by atoms with E-state index >= 15 is 0 Å². The first-order valence-corrected chi connectivity index (χ1v) is 11.9. The Labute approximate surface area is 190 Å². The lowest BCUT2D eigenvalue weighted by Crippen LogP contribution is -2.55. The molecule has 11 heteroatoms. The van der Waals surface area contributed by atoms with E-state index in [1.807, 2.05) is 0 Å². The van der Waals surface area contributed by atoms with Crippen molar-refractivity contribution >= 4 is 33.3 Å². The number of benzene rings is 2. The Bertz CT molecular complexity index is 1130. The van der Waals surface area contributed by atoms with Gasteiger partial charge in [0.2, 0.25) is 15.2 Å². The fourth-order valence-electron chi connectivity index (χ4n) is 3.40. The first-order chi connectivity index (χ1) is 15.4. The van der Waals surface area contributed by atoms with E-state index in [0.29, 0.717) is 12.4 Å². The normalized spacial score (nSPS) is 16.8. The van der Waals surface area contributed by atoms with Crippen LogP contribution >= 0.6 is 11.6 Å². The Morgan fingerprint density at radius 1 is 0.969 bits per heavy atom. The van der Waals surface area contributed by atoms with Crippen LogP contribution in [0.5, 0.6) is 11.5 Å². The van der Waals surface area contributed by atoms with Gasteiger partial charge in [-0.05, 0) is 24.3 Å². The Morgan fingerprint density at radius 3 is 2.38 bits per heavy atom. The lowest BCUT2D eigenvalue weighted by Gasteiger charge is -2.30. The van der Waals surface area contributed by atoms with Gasteiger partial charge in [-0.1, -0.05) is 23.7 Å². The zero-order chi connectivity index (χ0) is 22.7. The van der Waals surface area contributed by atoms with Gasteiger partial charge in [0.1, 0.15) is 13.2 Å². The van der Waals surface area contributed by atoms with Crippen molar-refractivity contribution in [2.75, 3.05) is 39.5 Å². The number of halogens is 1. The molecule has 1 saturated heterocycles. The maximum Gasteiger partial charge on any atom is 0.261 e. The molecule has 2 aromatic rings. The first-order valence-electron chi connectivity index (χ1n) is 9.93. The predicted octanol–water partition coefficient (Wildman–Crippen LogP) is 1.50. The topological polar surface area (TPSA) is 111 Å². The number of ether oxygens (including phenoxy) is 3. The SMILES string of the molecule is O=C(N[C@H](C(=O)N1CCOCC1)S(=O)(=O)c1ccc2c(c1)OCCO2)c1ccccc1Cl. The number of carbonyl (C=O) groups is 2. The molecule has 0 radical (unpaired) electrons. The second-order valence-corrected chi connectivity index (χ2v) is 9.56. The number of amides is 2. The van der Waals surface area contributed by atoms with Crippen LogP contribution in [0, 0.1) is 0 Å². The van der Waals surface area contributed by atoms with E-state index in [1.54, 1.807) is 12.1 Å². The molecule has 0 bridgehead atoms. The van der Waals surface area contributed by atoms with Crippen molar-refractivity contribution in [3.63, 3.8) is 0 Å². The number of nitrogens with zero attached hydrogens (tertiary/aromatic N) is 1. The van der Waals surface area contributed by atoms with Gasteiger partial charge in [0.05, 0.1) is 28.7 Å². The van der Waals surface area contributed by atoms with Crippen LogP contribution in [0.25, 0.3) is 0 Å². The number of rotatable bonds is 5. The summed E-state index contributed by atoms with van der Waals surface area (Å²) >= 11 is 6.09. The molecule has 0 aliphatic carbocycles. The van der Waals surface area contributed by atoms with E-state index in [-0.39, 0.29) is 54.1 Å². The number of carbonyl (C=O) groups excluding carboxylic acids is 2. The Morgan fingerprint density at radius 2 is 1.66 bits per heavy atom. The molecule has 2 aromatic carbocycles. The number of fused-ring (bicyclic) bond motifs is 1. The summed E-state index contributed by atoms with van der Waals surface area (Å²) in [6.45, 7) is 1.62. The lowest BCUT2D eigenvalue weighted by atomic mass is 10.2. The van der Waals surface area contributed by atoms with E-state index in [1.165, 1.54) is 35.2 Å². The Hall–Kier alpha value is -2.82. The average Bonchev–Trinajstić information content (AvgIpc) is 2.82. The highest BCUT2D eigenvalue weighted by atomic mass is 35.5. The molecule has 0 aromatic heterocycles. The van der Waals surface area contributed by atoms with Crippen molar-refractivity contribution in [1.82, 2.24) is 10.2 Å². The predicted molar refractivity (Wildman–Crippen MR) is 115 cm³/mol. The van der Waals surface area contributed by atoms with Crippen LogP contribution in [-0.2, 0) is 19.4 Å². The molecule has 2 aliphatic heterocycles. The molecule has 4 rings (SSSR count). The van der Waals surface area contributed by atoms with Crippen molar-refractivity contribution < 1.29 is 32.2 Å². The van der Waals surface area contributed by atoms with E-state index in [4.69, 9.17) is 25.8 Å². The fourth-order valence-corrected chi connectivity index (χ4v) is 5.10. The minimum Gasteiger partial charge on any atom is -0.486 e. The fraction of sp³-hybridized carbons (Fsp3) is 0.333. The quantitative estimate of drug-likeness (QED) is 0.690. The van der Waals surface area contributed by atoms with Crippen molar-refractivity contribution in [1.29, 1.82) is 0 Å². The molecule has 1 fully saturated rings. The van der Waals surface area contributed by atoms with Crippen LogP contribution in [0.2, 0.25) is 5.02 Å². The van der Waals surface area contributed by atoms with Crippen molar-refractivity contribution in [3.8, 4) is 11.5 Å². The summed E-state index contributed by atoms with van der Waals surface area (Å²) in [4.78, 5) is 27.3. The van der Waals surface area contributed by atoms with Gasteiger partial charge in [-0.25, -0.2) is 8.42 Å². The third-order valence-electron chi connectivity index (χ3n) is 5.08. The molecule has 0 unspecified atom stereocenters. The van der Waals surface area contributed by atoms with E-state index in [2.05, 4.69) is 5.32 Å². The average molecular weight is 481 g/mol. The number of morpholine rings is 1. The smallest absolute Gasteiger partial charge is 0.261 e. The maximum absolute atomic E-state index is 13.5. The molecule has 0 spiro atoms. The van der Waals surface area contributed by atoms with Gasteiger partial charge < -0.3 is 24.4 Å². The van der Waals surface area contributed by atoms with Gasteiger partial charge in [0, 0.05) is 19.2 Å². The summed E-state index contributed by atoms with van der Waals surface area (Å²) < 4.78 is 43.2. The van der Waals surface area contributed by atoms with Crippen LogP contribution in [0.15, 0.2) is 47.4 Å². The van der Waals surface area contributed by atoms with Gasteiger partial charge in [0.25, 0.3) is 11.8 Å².